The van der Waals surface area contributed by atoms with Gasteiger partial charge in [-0.05, 0) is 48.2 Å². The van der Waals surface area contributed by atoms with Crippen molar-refractivity contribution in [2.24, 2.45) is 5.92 Å². The summed E-state index contributed by atoms with van der Waals surface area (Å²) in [4.78, 5) is 27.2. The first kappa shape index (κ1) is 24.0. The number of amides is 2. The average molecular weight is 491 g/mol. The van der Waals surface area contributed by atoms with E-state index in [0.29, 0.717) is 24.7 Å². The van der Waals surface area contributed by atoms with Gasteiger partial charge in [0.25, 0.3) is 0 Å². The van der Waals surface area contributed by atoms with Gasteiger partial charge in [-0.2, -0.15) is 0 Å². The molecule has 3 atom stereocenters. The summed E-state index contributed by atoms with van der Waals surface area (Å²) in [5.74, 6) is -0.145. The van der Waals surface area contributed by atoms with Crippen molar-refractivity contribution in [2.45, 2.75) is 30.9 Å². The molecule has 4 rings (SSSR count). The molecule has 0 aromatic heterocycles. The summed E-state index contributed by atoms with van der Waals surface area (Å²) in [7, 11) is 0. The highest BCUT2D eigenvalue weighted by Gasteiger charge is 2.39. The molecule has 2 fully saturated rings. The van der Waals surface area contributed by atoms with Gasteiger partial charge in [0, 0.05) is 37.2 Å². The maximum absolute atomic E-state index is 13.1. The molecule has 2 heterocycles. The number of likely N-dealkylation sites (tertiary alicyclic amines) is 1. The standard InChI is InChI=1S/C24H28ClFN4O2S/c25-18-5-1-16(2-6-18)9-11-27-22(31)15-33-24-28-21-10-12-30(14-20(21)23(32)29-24)13-17-3-7-19(26)8-4-17/h1-8,20-21,24,28H,9-15H2,(H,27,31)(H,29,32). The van der Waals surface area contributed by atoms with E-state index in [1.165, 1.54) is 23.9 Å². The second-order valence-corrected chi connectivity index (χ2v) is 9.99. The quantitative estimate of drug-likeness (QED) is 0.530. The largest absolute Gasteiger partial charge is 0.355 e. The van der Waals surface area contributed by atoms with Crippen LogP contribution in [0.2, 0.25) is 5.02 Å². The Bertz CT molecular complexity index is 960. The number of carbonyl (C=O) groups is 2. The molecule has 0 radical (unpaired) electrons. The molecule has 0 bridgehead atoms. The molecule has 2 aliphatic rings. The average Bonchev–Trinajstić information content (AvgIpc) is 2.81. The Morgan fingerprint density at radius 1 is 1.15 bits per heavy atom. The van der Waals surface area contributed by atoms with Crippen molar-refractivity contribution in [3.63, 3.8) is 0 Å². The first-order valence-electron chi connectivity index (χ1n) is 11.1. The maximum atomic E-state index is 13.1. The first-order valence-corrected chi connectivity index (χ1v) is 12.5. The summed E-state index contributed by atoms with van der Waals surface area (Å²) in [5, 5.41) is 10.1. The molecular formula is C24H28ClFN4O2S. The SMILES string of the molecule is O=C(CSC1NC(=O)C2CN(Cc3ccc(F)cc3)CCC2N1)NCCc1ccc(Cl)cc1. The maximum Gasteiger partial charge on any atom is 0.230 e. The van der Waals surface area contributed by atoms with Crippen LogP contribution in [-0.2, 0) is 22.6 Å². The van der Waals surface area contributed by atoms with Crippen LogP contribution in [0.3, 0.4) is 0 Å². The van der Waals surface area contributed by atoms with Gasteiger partial charge in [-0.25, -0.2) is 4.39 Å². The Balaban J connectivity index is 1.18. The van der Waals surface area contributed by atoms with Gasteiger partial charge >= 0.3 is 0 Å². The molecule has 2 saturated heterocycles. The predicted octanol–water partition coefficient (Wildman–Crippen LogP) is 2.76. The van der Waals surface area contributed by atoms with Crippen molar-refractivity contribution in [3.05, 3.63) is 70.5 Å². The monoisotopic (exact) mass is 490 g/mol. The van der Waals surface area contributed by atoms with Crippen LogP contribution in [0.15, 0.2) is 48.5 Å². The van der Waals surface area contributed by atoms with Crippen molar-refractivity contribution in [3.8, 4) is 0 Å². The zero-order valence-corrected chi connectivity index (χ0v) is 19.8. The Morgan fingerprint density at radius 3 is 2.64 bits per heavy atom. The number of nitrogens with one attached hydrogen (secondary N) is 3. The van der Waals surface area contributed by atoms with Crippen LogP contribution in [0.25, 0.3) is 0 Å². The summed E-state index contributed by atoms with van der Waals surface area (Å²) >= 11 is 7.28. The van der Waals surface area contributed by atoms with E-state index in [1.807, 2.05) is 24.3 Å². The molecule has 0 saturated carbocycles. The fourth-order valence-electron chi connectivity index (χ4n) is 4.25. The van der Waals surface area contributed by atoms with Gasteiger partial charge in [-0.3, -0.25) is 19.8 Å². The number of thioether (sulfide) groups is 1. The highest BCUT2D eigenvalue weighted by Crippen LogP contribution is 2.25. The summed E-state index contributed by atoms with van der Waals surface area (Å²) in [6.07, 6.45) is 1.59. The molecular weight excluding hydrogens is 463 g/mol. The number of benzene rings is 2. The normalized spacial score (nSPS) is 23.0. The van der Waals surface area contributed by atoms with E-state index in [9.17, 15) is 14.0 Å². The number of nitrogens with zero attached hydrogens (tertiary/aromatic N) is 1. The minimum absolute atomic E-state index is 0.0169. The van der Waals surface area contributed by atoms with Crippen LogP contribution in [0, 0.1) is 11.7 Å². The molecule has 2 aliphatic heterocycles. The third kappa shape index (κ3) is 6.93. The third-order valence-electron chi connectivity index (χ3n) is 6.02. The topological polar surface area (TPSA) is 73.5 Å². The van der Waals surface area contributed by atoms with Crippen molar-refractivity contribution in [1.82, 2.24) is 20.9 Å². The Hall–Kier alpha value is -2.13. The molecule has 2 amide bonds. The first-order chi connectivity index (χ1) is 16.0. The molecule has 2 aromatic rings. The van der Waals surface area contributed by atoms with E-state index < -0.39 is 0 Å². The summed E-state index contributed by atoms with van der Waals surface area (Å²) < 4.78 is 13.1. The fraction of sp³-hybridized carbons (Fsp3) is 0.417. The second-order valence-electron chi connectivity index (χ2n) is 8.46. The van der Waals surface area contributed by atoms with Crippen molar-refractivity contribution in [2.75, 3.05) is 25.4 Å². The lowest BCUT2D eigenvalue weighted by molar-refractivity contribution is -0.130. The highest BCUT2D eigenvalue weighted by atomic mass is 35.5. The number of fused-ring (bicyclic) bond motifs is 1. The molecule has 176 valence electrons. The Labute approximate surface area is 202 Å². The molecule has 0 aliphatic carbocycles. The van der Waals surface area contributed by atoms with Gasteiger partial charge in [0.1, 0.15) is 11.3 Å². The van der Waals surface area contributed by atoms with Crippen LogP contribution < -0.4 is 16.0 Å². The van der Waals surface area contributed by atoms with E-state index in [4.69, 9.17) is 11.6 Å². The Morgan fingerprint density at radius 2 is 1.88 bits per heavy atom. The zero-order chi connectivity index (χ0) is 23.2. The van der Waals surface area contributed by atoms with Crippen LogP contribution in [-0.4, -0.2) is 53.6 Å². The summed E-state index contributed by atoms with van der Waals surface area (Å²) in [6, 6.07) is 14.2. The molecule has 6 nitrogen and oxygen atoms in total. The second kappa shape index (κ2) is 11.3. The lowest BCUT2D eigenvalue weighted by Crippen LogP contribution is -2.64. The van der Waals surface area contributed by atoms with Gasteiger partial charge in [-0.1, -0.05) is 35.9 Å². The number of halogens is 2. The molecule has 3 unspecified atom stereocenters. The van der Waals surface area contributed by atoms with Crippen molar-refractivity contribution in [1.29, 1.82) is 0 Å². The summed E-state index contributed by atoms with van der Waals surface area (Å²) in [5.41, 5.74) is 1.88. The number of hydrogen-bond donors (Lipinski definition) is 3. The lowest BCUT2D eigenvalue weighted by atomic mass is 9.89. The van der Waals surface area contributed by atoms with Crippen LogP contribution in [0.1, 0.15) is 17.5 Å². The number of piperidine rings is 1. The highest BCUT2D eigenvalue weighted by molar-refractivity contribution is 8.00. The van der Waals surface area contributed by atoms with Gasteiger partial charge < -0.3 is 10.6 Å². The minimum atomic E-state index is -0.274. The van der Waals surface area contributed by atoms with Gasteiger partial charge in [0.2, 0.25) is 11.8 Å². The number of rotatable bonds is 8. The lowest BCUT2D eigenvalue weighted by Gasteiger charge is -2.43. The van der Waals surface area contributed by atoms with E-state index >= 15 is 0 Å². The number of carbonyl (C=O) groups excluding carboxylic acids is 2. The molecule has 2 aromatic carbocycles. The smallest absolute Gasteiger partial charge is 0.230 e. The van der Waals surface area contributed by atoms with Gasteiger partial charge in [-0.15, -0.1) is 11.8 Å². The number of hydrogen-bond acceptors (Lipinski definition) is 5. The van der Waals surface area contributed by atoms with E-state index in [0.717, 1.165) is 30.5 Å². The van der Waals surface area contributed by atoms with Gasteiger partial charge in [0.15, 0.2) is 0 Å². The van der Waals surface area contributed by atoms with Crippen molar-refractivity contribution < 1.29 is 14.0 Å². The minimum Gasteiger partial charge on any atom is -0.355 e. The zero-order valence-electron chi connectivity index (χ0n) is 18.2. The molecule has 9 heteroatoms. The molecule has 3 N–H and O–H groups in total. The van der Waals surface area contributed by atoms with E-state index in [1.54, 1.807) is 12.1 Å². The van der Waals surface area contributed by atoms with Crippen LogP contribution in [0.4, 0.5) is 4.39 Å². The molecule has 0 spiro atoms. The summed E-state index contributed by atoms with van der Waals surface area (Å²) in [6.45, 7) is 2.77. The van der Waals surface area contributed by atoms with Crippen molar-refractivity contribution >= 4 is 35.2 Å². The predicted molar refractivity (Wildman–Crippen MR) is 129 cm³/mol. The van der Waals surface area contributed by atoms with E-state index in [2.05, 4.69) is 20.9 Å². The third-order valence-corrected chi connectivity index (χ3v) is 7.29. The van der Waals surface area contributed by atoms with Gasteiger partial charge in [0.05, 0.1) is 11.7 Å². The van der Waals surface area contributed by atoms with Crippen LogP contribution in [0.5, 0.6) is 0 Å². The van der Waals surface area contributed by atoms with Crippen LogP contribution >= 0.6 is 23.4 Å². The van der Waals surface area contributed by atoms with E-state index in [-0.39, 0.29) is 40.8 Å². The molecule has 33 heavy (non-hydrogen) atoms. The Kier molecular flexibility index (Phi) is 8.25. The fourth-order valence-corrected chi connectivity index (χ4v) is 5.26.